The van der Waals surface area contributed by atoms with Gasteiger partial charge in [0.15, 0.2) is 0 Å². The third-order valence-electron chi connectivity index (χ3n) is 4.71. The molecule has 1 N–H and O–H groups in total. The van der Waals surface area contributed by atoms with Crippen LogP contribution in [0.25, 0.3) is 0 Å². The number of amides is 2. The van der Waals surface area contributed by atoms with E-state index in [1.807, 2.05) is 29.2 Å². The van der Waals surface area contributed by atoms with Crippen molar-refractivity contribution in [3.63, 3.8) is 0 Å². The molecule has 1 aliphatic carbocycles. The number of rotatable bonds is 4. The van der Waals surface area contributed by atoms with Crippen molar-refractivity contribution >= 4 is 28.8 Å². The van der Waals surface area contributed by atoms with Gasteiger partial charge in [0.2, 0.25) is 5.91 Å². The molecule has 1 aromatic carbocycles. The van der Waals surface area contributed by atoms with Gasteiger partial charge in [-0.05, 0) is 55.3 Å². The van der Waals surface area contributed by atoms with Crippen LogP contribution in [0.1, 0.15) is 47.0 Å². The molecular formula is C19H20N2O2S. The second-order valence-electron chi connectivity index (χ2n) is 6.52. The summed E-state index contributed by atoms with van der Waals surface area (Å²) in [6.45, 7) is 0.792. The molecule has 1 saturated heterocycles. The molecule has 2 aliphatic rings. The van der Waals surface area contributed by atoms with E-state index in [-0.39, 0.29) is 23.8 Å². The number of nitrogens with zero attached hydrogens (tertiary/aromatic N) is 1. The molecule has 0 spiro atoms. The molecule has 0 radical (unpaired) electrons. The van der Waals surface area contributed by atoms with Crippen molar-refractivity contribution in [2.75, 3.05) is 11.9 Å². The number of carbonyl (C=O) groups is 2. The lowest BCUT2D eigenvalue weighted by molar-refractivity contribution is -0.117. The molecule has 2 aromatic rings. The van der Waals surface area contributed by atoms with Gasteiger partial charge in [0.25, 0.3) is 5.91 Å². The first kappa shape index (κ1) is 15.4. The van der Waals surface area contributed by atoms with Gasteiger partial charge in [0.1, 0.15) is 0 Å². The van der Waals surface area contributed by atoms with Crippen LogP contribution in [0, 0.1) is 5.92 Å². The normalized spacial score (nSPS) is 20.2. The number of hydrogen-bond donors (Lipinski definition) is 1. The summed E-state index contributed by atoms with van der Waals surface area (Å²) in [6, 6.07) is 11.6. The molecule has 5 heteroatoms. The monoisotopic (exact) mass is 340 g/mol. The first-order valence-electron chi connectivity index (χ1n) is 8.47. The molecule has 124 valence electrons. The Labute approximate surface area is 145 Å². The summed E-state index contributed by atoms with van der Waals surface area (Å²) in [5.74, 6) is 0.275. The maximum atomic E-state index is 13.0. The topological polar surface area (TPSA) is 49.4 Å². The standard InChI is InChI=1S/C19H20N2O2S/c22-18(13-8-9-13)20-15-5-1-4-14(12-15)19(23)21-10-2-6-16(21)17-7-3-11-24-17/h1,3-5,7,11-13,16H,2,6,8-10H2,(H,20,22). The summed E-state index contributed by atoms with van der Waals surface area (Å²) in [7, 11) is 0. The lowest BCUT2D eigenvalue weighted by atomic mass is 10.1. The van der Waals surface area contributed by atoms with E-state index in [4.69, 9.17) is 0 Å². The molecule has 1 aliphatic heterocycles. The van der Waals surface area contributed by atoms with E-state index in [0.717, 1.165) is 32.2 Å². The van der Waals surface area contributed by atoms with Crippen molar-refractivity contribution in [2.45, 2.75) is 31.7 Å². The Morgan fingerprint density at radius 3 is 2.75 bits per heavy atom. The Hall–Kier alpha value is -2.14. The van der Waals surface area contributed by atoms with Crippen LogP contribution >= 0.6 is 11.3 Å². The zero-order chi connectivity index (χ0) is 16.5. The summed E-state index contributed by atoms with van der Waals surface area (Å²) in [5, 5.41) is 4.98. The molecular weight excluding hydrogens is 320 g/mol. The van der Waals surface area contributed by atoms with Crippen LogP contribution in [0.5, 0.6) is 0 Å². The van der Waals surface area contributed by atoms with Gasteiger partial charge in [-0.2, -0.15) is 0 Å². The second-order valence-corrected chi connectivity index (χ2v) is 7.50. The van der Waals surface area contributed by atoms with Crippen LogP contribution < -0.4 is 5.32 Å². The minimum atomic E-state index is 0.0495. The fourth-order valence-electron chi connectivity index (χ4n) is 3.27. The largest absolute Gasteiger partial charge is 0.331 e. The first-order valence-corrected chi connectivity index (χ1v) is 9.35. The number of carbonyl (C=O) groups excluding carboxylic acids is 2. The maximum absolute atomic E-state index is 13.0. The van der Waals surface area contributed by atoms with Gasteiger partial charge in [0.05, 0.1) is 6.04 Å². The molecule has 1 aromatic heterocycles. The summed E-state index contributed by atoms with van der Waals surface area (Å²) < 4.78 is 0. The summed E-state index contributed by atoms with van der Waals surface area (Å²) in [4.78, 5) is 28.1. The Kier molecular flexibility index (Phi) is 4.10. The van der Waals surface area contributed by atoms with E-state index >= 15 is 0 Å². The molecule has 2 amide bonds. The van der Waals surface area contributed by atoms with Crippen molar-refractivity contribution in [3.8, 4) is 0 Å². The number of anilines is 1. The number of benzene rings is 1. The van der Waals surface area contributed by atoms with Crippen molar-refractivity contribution in [1.29, 1.82) is 0 Å². The van der Waals surface area contributed by atoms with E-state index in [9.17, 15) is 9.59 Å². The van der Waals surface area contributed by atoms with Crippen molar-refractivity contribution < 1.29 is 9.59 Å². The summed E-state index contributed by atoms with van der Waals surface area (Å²) in [5.41, 5.74) is 1.36. The zero-order valence-corrected chi connectivity index (χ0v) is 14.2. The van der Waals surface area contributed by atoms with Gasteiger partial charge >= 0.3 is 0 Å². The zero-order valence-electron chi connectivity index (χ0n) is 13.4. The Balaban J connectivity index is 1.52. The predicted molar refractivity (Wildman–Crippen MR) is 95.1 cm³/mol. The maximum Gasteiger partial charge on any atom is 0.254 e. The molecule has 24 heavy (non-hydrogen) atoms. The van der Waals surface area contributed by atoms with E-state index in [1.54, 1.807) is 17.4 Å². The average Bonchev–Trinajstić information content (AvgIpc) is 3.10. The summed E-state index contributed by atoms with van der Waals surface area (Å²) in [6.07, 6.45) is 4.00. The van der Waals surface area contributed by atoms with Crippen molar-refractivity contribution in [2.24, 2.45) is 5.92 Å². The van der Waals surface area contributed by atoms with Gasteiger partial charge in [-0.15, -0.1) is 11.3 Å². The van der Waals surface area contributed by atoms with Gasteiger partial charge < -0.3 is 10.2 Å². The van der Waals surface area contributed by atoms with Crippen LogP contribution in [0.15, 0.2) is 41.8 Å². The molecule has 4 rings (SSSR count). The Morgan fingerprint density at radius 1 is 1.12 bits per heavy atom. The van der Waals surface area contributed by atoms with Gasteiger partial charge in [-0.1, -0.05) is 12.1 Å². The highest BCUT2D eigenvalue weighted by molar-refractivity contribution is 7.10. The average molecular weight is 340 g/mol. The smallest absolute Gasteiger partial charge is 0.254 e. The van der Waals surface area contributed by atoms with Gasteiger partial charge in [-0.25, -0.2) is 0 Å². The SMILES string of the molecule is O=C(Nc1cccc(C(=O)N2CCCC2c2cccs2)c1)C1CC1. The fourth-order valence-corrected chi connectivity index (χ4v) is 4.15. The quantitative estimate of drug-likeness (QED) is 0.912. The van der Waals surface area contributed by atoms with Crippen molar-refractivity contribution in [1.82, 2.24) is 4.90 Å². The minimum absolute atomic E-state index is 0.0495. The van der Waals surface area contributed by atoms with Crippen LogP contribution in [-0.4, -0.2) is 23.3 Å². The van der Waals surface area contributed by atoms with Crippen LogP contribution in [0.3, 0.4) is 0 Å². The molecule has 2 heterocycles. The number of thiophene rings is 1. The Morgan fingerprint density at radius 2 is 2.00 bits per heavy atom. The van der Waals surface area contributed by atoms with Crippen LogP contribution in [0.4, 0.5) is 5.69 Å². The van der Waals surface area contributed by atoms with Crippen LogP contribution in [-0.2, 0) is 4.79 Å². The third-order valence-corrected chi connectivity index (χ3v) is 5.68. The molecule has 0 bridgehead atoms. The second kappa shape index (κ2) is 6.40. The minimum Gasteiger partial charge on any atom is -0.331 e. The molecule has 4 nitrogen and oxygen atoms in total. The third kappa shape index (κ3) is 3.08. The molecule has 1 atom stereocenters. The highest BCUT2D eigenvalue weighted by Gasteiger charge is 2.32. The van der Waals surface area contributed by atoms with Gasteiger partial charge in [-0.3, -0.25) is 9.59 Å². The highest BCUT2D eigenvalue weighted by atomic mass is 32.1. The lowest BCUT2D eigenvalue weighted by Crippen LogP contribution is -2.30. The summed E-state index contributed by atoms with van der Waals surface area (Å²) >= 11 is 1.71. The van der Waals surface area contributed by atoms with Gasteiger partial charge in [0, 0.05) is 28.6 Å². The van der Waals surface area contributed by atoms with E-state index in [0.29, 0.717) is 11.3 Å². The highest BCUT2D eigenvalue weighted by Crippen LogP contribution is 2.35. The molecule has 2 fully saturated rings. The van der Waals surface area contributed by atoms with Crippen molar-refractivity contribution in [3.05, 3.63) is 52.2 Å². The predicted octanol–water partition coefficient (Wildman–Crippen LogP) is 4.07. The number of likely N-dealkylation sites (tertiary alicyclic amines) is 1. The first-order chi connectivity index (χ1) is 11.7. The molecule has 1 unspecified atom stereocenters. The van der Waals surface area contributed by atoms with E-state index in [2.05, 4.69) is 16.8 Å². The van der Waals surface area contributed by atoms with E-state index in [1.165, 1.54) is 4.88 Å². The lowest BCUT2D eigenvalue weighted by Gasteiger charge is -2.24. The fraction of sp³-hybridized carbons (Fsp3) is 0.368. The number of hydrogen-bond acceptors (Lipinski definition) is 3. The Bertz CT molecular complexity index is 752. The molecule has 1 saturated carbocycles. The number of nitrogens with one attached hydrogen (secondary N) is 1. The van der Waals surface area contributed by atoms with E-state index < -0.39 is 0 Å². The van der Waals surface area contributed by atoms with Crippen LogP contribution in [0.2, 0.25) is 0 Å².